The van der Waals surface area contributed by atoms with E-state index in [0.29, 0.717) is 38.9 Å². The summed E-state index contributed by atoms with van der Waals surface area (Å²) in [5.41, 5.74) is 0.553. The van der Waals surface area contributed by atoms with E-state index in [1.165, 1.54) is 12.1 Å². The molecule has 0 atom stereocenters. The summed E-state index contributed by atoms with van der Waals surface area (Å²) in [4.78, 5) is 5.29. The van der Waals surface area contributed by atoms with E-state index in [1.807, 2.05) is 0 Å². The maximum absolute atomic E-state index is 12.9. The molecule has 0 radical (unpaired) electrons. The molecule has 1 aliphatic rings. The Balaban J connectivity index is 1.47. The number of aliphatic hydroxyl groups is 1. The molecule has 4 rings (SSSR count). The van der Waals surface area contributed by atoms with Gasteiger partial charge in [-0.1, -0.05) is 23.2 Å². The van der Waals surface area contributed by atoms with E-state index in [-0.39, 0.29) is 17.1 Å². The van der Waals surface area contributed by atoms with Crippen LogP contribution in [0.3, 0.4) is 0 Å². The fourth-order valence-electron chi connectivity index (χ4n) is 3.92. The van der Waals surface area contributed by atoms with Crippen molar-refractivity contribution in [3.8, 4) is 5.75 Å². The van der Waals surface area contributed by atoms with E-state index in [4.69, 9.17) is 33.0 Å². The number of benzene rings is 2. The summed E-state index contributed by atoms with van der Waals surface area (Å²) in [6.45, 7) is 4.59. The van der Waals surface area contributed by atoms with Gasteiger partial charge in [0.2, 0.25) is 0 Å². The molecular weight excluding hydrogens is 473 g/mol. The van der Waals surface area contributed by atoms with E-state index in [2.05, 4.69) is 21.5 Å². The molecule has 3 aromatic rings. The third-order valence-corrected chi connectivity index (χ3v) is 7.80. The lowest BCUT2D eigenvalue weighted by Crippen LogP contribution is -2.46. The van der Waals surface area contributed by atoms with Crippen LogP contribution in [0.5, 0.6) is 5.75 Å². The maximum Gasteiger partial charge on any atom is 0.261 e. The highest BCUT2D eigenvalue weighted by Gasteiger charge is 2.32. The van der Waals surface area contributed by atoms with E-state index in [0.717, 1.165) is 25.9 Å². The van der Waals surface area contributed by atoms with Crippen LogP contribution >= 0.6 is 23.2 Å². The second kappa shape index (κ2) is 9.11. The van der Waals surface area contributed by atoms with Gasteiger partial charge in [0.15, 0.2) is 0 Å². The number of nitrogens with one attached hydrogen (secondary N) is 2. The van der Waals surface area contributed by atoms with Gasteiger partial charge in [0, 0.05) is 31.2 Å². The number of nitrogens with zero attached hydrogens (tertiary/aromatic N) is 1. The van der Waals surface area contributed by atoms with Crippen molar-refractivity contribution in [2.24, 2.45) is 0 Å². The molecule has 1 aliphatic heterocycles. The molecule has 1 aromatic heterocycles. The van der Waals surface area contributed by atoms with Crippen molar-refractivity contribution in [3.63, 3.8) is 0 Å². The van der Waals surface area contributed by atoms with Gasteiger partial charge in [-0.3, -0.25) is 4.72 Å². The maximum atomic E-state index is 12.9. The average molecular weight is 498 g/mol. The van der Waals surface area contributed by atoms with Crippen LogP contribution in [-0.2, 0) is 10.0 Å². The minimum absolute atomic E-state index is 0.119. The highest BCUT2D eigenvalue weighted by atomic mass is 35.5. The van der Waals surface area contributed by atoms with Crippen molar-refractivity contribution >= 4 is 49.8 Å². The van der Waals surface area contributed by atoms with Gasteiger partial charge in [-0.15, -0.1) is 0 Å². The number of likely N-dealkylation sites (tertiary alicyclic amines) is 1. The summed E-state index contributed by atoms with van der Waals surface area (Å²) in [6.07, 6.45) is 3.23. The third kappa shape index (κ3) is 4.84. The second-order valence-corrected chi connectivity index (χ2v) is 10.7. The highest BCUT2D eigenvalue weighted by Crippen LogP contribution is 2.35. The van der Waals surface area contributed by atoms with Crippen molar-refractivity contribution in [1.29, 1.82) is 0 Å². The minimum Gasteiger partial charge on any atom is -0.487 e. The van der Waals surface area contributed by atoms with Crippen molar-refractivity contribution in [1.82, 2.24) is 9.88 Å². The zero-order chi connectivity index (χ0) is 22.9. The first-order chi connectivity index (χ1) is 15.2. The Morgan fingerprint density at radius 1 is 1.12 bits per heavy atom. The Morgan fingerprint density at radius 3 is 2.47 bits per heavy atom. The van der Waals surface area contributed by atoms with Crippen LogP contribution in [0.4, 0.5) is 5.69 Å². The lowest BCUT2D eigenvalue weighted by atomic mass is 9.93. The van der Waals surface area contributed by atoms with Crippen molar-refractivity contribution in [2.45, 2.75) is 30.3 Å². The highest BCUT2D eigenvalue weighted by molar-refractivity contribution is 7.92. The Kier molecular flexibility index (Phi) is 6.61. The first kappa shape index (κ1) is 23.2. The SMILES string of the molecule is CC1(Oc2ccc(S(=O)(=O)Nc3ccc(Cl)c4c(Cl)c[nH]c34)cc2)CCN(CCO)CC1. The molecular formula is C22H25Cl2N3O4S. The Morgan fingerprint density at radius 2 is 1.81 bits per heavy atom. The molecule has 10 heteroatoms. The number of ether oxygens (including phenoxy) is 1. The normalized spacial score (nSPS) is 16.9. The molecule has 0 saturated carbocycles. The number of halogens is 2. The fraction of sp³-hybridized carbons (Fsp3) is 0.364. The zero-order valence-corrected chi connectivity index (χ0v) is 19.9. The number of aromatic nitrogens is 1. The molecule has 0 amide bonds. The average Bonchev–Trinajstić information content (AvgIpc) is 3.15. The molecule has 0 aliphatic carbocycles. The summed E-state index contributed by atoms with van der Waals surface area (Å²) in [5.74, 6) is 0.618. The first-order valence-electron chi connectivity index (χ1n) is 10.3. The topological polar surface area (TPSA) is 94.7 Å². The Labute approximate surface area is 197 Å². The predicted octanol–water partition coefficient (Wildman–Crippen LogP) is 4.50. The molecule has 0 bridgehead atoms. The van der Waals surface area contributed by atoms with Gasteiger partial charge in [-0.25, -0.2) is 8.42 Å². The number of anilines is 1. The first-order valence-corrected chi connectivity index (χ1v) is 12.5. The number of aliphatic hydroxyl groups excluding tert-OH is 1. The smallest absolute Gasteiger partial charge is 0.261 e. The van der Waals surface area contributed by atoms with Crippen molar-refractivity contribution in [2.75, 3.05) is 31.0 Å². The molecule has 172 valence electrons. The lowest BCUT2D eigenvalue weighted by Gasteiger charge is -2.39. The van der Waals surface area contributed by atoms with Gasteiger partial charge < -0.3 is 19.7 Å². The monoisotopic (exact) mass is 497 g/mol. The van der Waals surface area contributed by atoms with Crippen LogP contribution in [0.2, 0.25) is 10.0 Å². The van der Waals surface area contributed by atoms with Gasteiger partial charge in [0.05, 0.1) is 32.8 Å². The van der Waals surface area contributed by atoms with Gasteiger partial charge in [0.1, 0.15) is 11.4 Å². The molecule has 0 unspecified atom stereocenters. The Bertz CT molecular complexity index is 1200. The van der Waals surface area contributed by atoms with Crippen LogP contribution in [0.1, 0.15) is 19.8 Å². The standard InChI is InChI=1S/C22H25Cl2N3O4S/c1-22(8-10-27(11-9-22)12-13-28)31-15-2-4-16(5-3-15)32(29,30)26-19-7-6-17(23)20-18(24)14-25-21(19)20/h2-7,14,25-26,28H,8-13H2,1H3. The molecule has 1 fully saturated rings. The van der Waals surface area contributed by atoms with Gasteiger partial charge in [-0.05, 0) is 56.2 Å². The number of rotatable bonds is 7. The summed E-state index contributed by atoms with van der Waals surface area (Å²) in [6, 6.07) is 9.58. The number of H-pyrrole nitrogens is 1. The van der Waals surface area contributed by atoms with Crippen LogP contribution in [0.25, 0.3) is 10.9 Å². The van der Waals surface area contributed by atoms with E-state index in [1.54, 1.807) is 30.5 Å². The molecule has 2 aromatic carbocycles. The quantitative estimate of drug-likeness (QED) is 0.446. The van der Waals surface area contributed by atoms with Crippen LogP contribution in [0.15, 0.2) is 47.5 Å². The predicted molar refractivity (Wildman–Crippen MR) is 127 cm³/mol. The van der Waals surface area contributed by atoms with E-state index >= 15 is 0 Å². The Hall–Kier alpha value is -1.97. The minimum atomic E-state index is -3.83. The van der Waals surface area contributed by atoms with Crippen molar-refractivity contribution in [3.05, 3.63) is 52.6 Å². The van der Waals surface area contributed by atoms with Crippen LogP contribution in [0, 0.1) is 0 Å². The number of aromatic amines is 1. The van der Waals surface area contributed by atoms with Gasteiger partial charge in [0.25, 0.3) is 10.0 Å². The lowest BCUT2D eigenvalue weighted by molar-refractivity contribution is 0.0125. The second-order valence-electron chi connectivity index (χ2n) is 8.18. The summed E-state index contributed by atoms with van der Waals surface area (Å²) >= 11 is 12.3. The van der Waals surface area contributed by atoms with Crippen LogP contribution < -0.4 is 9.46 Å². The number of hydrogen-bond acceptors (Lipinski definition) is 5. The molecule has 0 spiro atoms. The number of piperidine rings is 1. The van der Waals surface area contributed by atoms with Gasteiger partial charge in [-0.2, -0.15) is 0 Å². The molecule has 2 heterocycles. The summed E-state index contributed by atoms with van der Waals surface area (Å²) < 4.78 is 34.7. The molecule has 1 saturated heterocycles. The summed E-state index contributed by atoms with van der Waals surface area (Å²) in [7, 11) is -3.83. The fourth-order valence-corrected chi connectivity index (χ4v) is 5.55. The molecule has 7 nitrogen and oxygen atoms in total. The van der Waals surface area contributed by atoms with Gasteiger partial charge >= 0.3 is 0 Å². The number of sulfonamides is 1. The van der Waals surface area contributed by atoms with E-state index < -0.39 is 10.0 Å². The van der Waals surface area contributed by atoms with Crippen molar-refractivity contribution < 1.29 is 18.3 Å². The zero-order valence-electron chi connectivity index (χ0n) is 17.6. The number of fused-ring (bicyclic) bond motifs is 1. The van der Waals surface area contributed by atoms with E-state index in [9.17, 15) is 8.42 Å². The van der Waals surface area contributed by atoms with Crippen LogP contribution in [-0.4, -0.2) is 55.3 Å². The number of β-amino-alcohol motifs (C(OH)–C–C–N with tert-alkyl or cyclic N) is 1. The molecule has 3 N–H and O–H groups in total. The molecule has 32 heavy (non-hydrogen) atoms. The summed E-state index contributed by atoms with van der Waals surface area (Å²) in [5, 5.41) is 10.5. The number of hydrogen-bond donors (Lipinski definition) is 3. The largest absolute Gasteiger partial charge is 0.487 e. The third-order valence-electron chi connectivity index (χ3n) is 5.81.